The molecule has 0 bridgehead atoms. The maximum absolute atomic E-state index is 5.66. The molecule has 0 aliphatic carbocycles. The molecule has 0 spiro atoms. The van der Waals surface area contributed by atoms with Gasteiger partial charge in [-0.2, -0.15) is 0 Å². The smallest absolute Gasteiger partial charge is 0.119 e. The number of ether oxygens (including phenoxy) is 2. The lowest BCUT2D eigenvalue weighted by Crippen LogP contribution is -2.05. The van der Waals surface area contributed by atoms with Crippen LogP contribution in [0, 0.1) is 13.8 Å². The topological polar surface area (TPSA) is 21.8 Å². The number of benzene rings is 1. The summed E-state index contributed by atoms with van der Waals surface area (Å²) in [6.07, 6.45) is 3.25. The predicted molar refractivity (Wildman–Crippen MR) is 74.5 cm³/mol. The quantitative estimate of drug-likeness (QED) is 0.735. The minimum atomic E-state index is 0.478. The van der Waals surface area contributed by atoms with Gasteiger partial charge < -0.3 is 9.47 Å². The first-order valence-corrected chi connectivity index (χ1v) is 6.87. The van der Waals surface area contributed by atoms with Crippen LogP contribution in [0.1, 0.15) is 49.3 Å². The van der Waals surface area contributed by atoms with Crippen LogP contribution in [0.5, 0.6) is 5.75 Å². The first-order chi connectivity index (χ1) is 8.56. The van der Waals surface area contributed by atoms with Crippen molar-refractivity contribution in [2.24, 2.45) is 0 Å². The molecular formula is C16H24O2. The molecule has 1 aromatic rings. The highest BCUT2D eigenvalue weighted by Gasteiger charge is 2.38. The van der Waals surface area contributed by atoms with Crippen LogP contribution in [0.2, 0.25) is 0 Å². The van der Waals surface area contributed by atoms with Gasteiger partial charge in [0.15, 0.2) is 0 Å². The standard InChI is InChI=1S/C16H24O2/c1-6-14-15(18-14)9-12(4)16-10(2)7-13(17-5)8-11(16)3/h7-8,12,14-15H,6,9H2,1-5H3. The van der Waals surface area contributed by atoms with Crippen molar-refractivity contribution in [3.05, 3.63) is 28.8 Å². The zero-order valence-electron chi connectivity index (χ0n) is 12.1. The molecule has 18 heavy (non-hydrogen) atoms. The molecule has 1 heterocycles. The third kappa shape index (κ3) is 2.69. The highest BCUT2D eigenvalue weighted by atomic mass is 16.6. The van der Waals surface area contributed by atoms with Crippen molar-refractivity contribution >= 4 is 0 Å². The van der Waals surface area contributed by atoms with Crippen LogP contribution in [-0.4, -0.2) is 19.3 Å². The zero-order valence-corrected chi connectivity index (χ0v) is 12.1. The Kier molecular flexibility index (Phi) is 3.96. The molecule has 2 nitrogen and oxygen atoms in total. The second-order valence-electron chi connectivity index (χ2n) is 5.43. The molecule has 1 aliphatic heterocycles. The molecule has 1 fully saturated rings. The molecule has 1 saturated heterocycles. The van der Waals surface area contributed by atoms with Crippen molar-refractivity contribution in [1.82, 2.24) is 0 Å². The van der Waals surface area contributed by atoms with Crippen molar-refractivity contribution in [2.45, 2.75) is 58.7 Å². The lowest BCUT2D eigenvalue weighted by Gasteiger charge is -2.18. The van der Waals surface area contributed by atoms with Gasteiger partial charge in [-0.25, -0.2) is 0 Å². The third-order valence-corrected chi connectivity index (χ3v) is 3.97. The van der Waals surface area contributed by atoms with Gasteiger partial charge in [-0.1, -0.05) is 13.8 Å². The Labute approximate surface area is 110 Å². The first kappa shape index (κ1) is 13.4. The molecule has 1 aromatic carbocycles. The van der Waals surface area contributed by atoms with Gasteiger partial charge in [0.2, 0.25) is 0 Å². The Morgan fingerprint density at radius 1 is 1.22 bits per heavy atom. The Balaban J connectivity index is 2.12. The van der Waals surface area contributed by atoms with E-state index in [4.69, 9.17) is 9.47 Å². The molecule has 2 rings (SSSR count). The number of epoxide rings is 1. The van der Waals surface area contributed by atoms with Gasteiger partial charge in [0, 0.05) is 0 Å². The lowest BCUT2D eigenvalue weighted by molar-refractivity contribution is 0.352. The Morgan fingerprint density at radius 2 is 1.83 bits per heavy atom. The molecule has 0 radical (unpaired) electrons. The number of aryl methyl sites for hydroxylation is 2. The summed E-state index contributed by atoms with van der Waals surface area (Å²) in [5, 5.41) is 0. The fourth-order valence-corrected chi connectivity index (χ4v) is 3.04. The summed E-state index contributed by atoms with van der Waals surface area (Å²) in [4.78, 5) is 0. The second-order valence-corrected chi connectivity index (χ2v) is 5.43. The van der Waals surface area contributed by atoms with E-state index in [1.54, 1.807) is 7.11 Å². The summed E-state index contributed by atoms with van der Waals surface area (Å²) in [7, 11) is 1.72. The van der Waals surface area contributed by atoms with Gasteiger partial charge in [0.1, 0.15) is 5.75 Å². The molecule has 0 aromatic heterocycles. The molecule has 1 aliphatic rings. The van der Waals surface area contributed by atoms with E-state index in [0.29, 0.717) is 18.1 Å². The fraction of sp³-hybridized carbons (Fsp3) is 0.625. The summed E-state index contributed by atoms with van der Waals surface area (Å²) < 4.78 is 11.0. The van der Waals surface area contributed by atoms with Crippen molar-refractivity contribution in [1.29, 1.82) is 0 Å². The van der Waals surface area contributed by atoms with E-state index in [0.717, 1.165) is 18.6 Å². The van der Waals surface area contributed by atoms with E-state index in [9.17, 15) is 0 Å². The van der Waals surface area contributed by atoms with Crippen LogP contribution in [0.25, 0.3) is 0 Å². The predicted octanol–water partition coefficient (Wildman–Crippen LogP) is 3.98. The summed E-state index contributed by atoms with van der Waals surface area (Å²) in [5.41, 5.74) is 4.11. The van der Waals surface area contributed by atoms with Gasteiger partial charge >= 0.3 is 0 Å². The van der Waals surface area contributed by atoms with Crippen molar-refractivity contribution in [3.63, 3.8) is 0 Å². The SMILES string of the molecule is CCC1OC1CC(C)c1c(C)cc(OC)cc1C. The summed E-state index contributed by atoms with van der Waals surface area (Å²) in [6.45, 7) is 8.84. The monoisotopic (exact) mass is 248 g/mol. The van der Waals surface area contributed by atoms with Crippen molar-refractivity contribution in [2.75, 3.05) is 7.11 Å². The summed E-state index contributed by atoms with van der Waals surface area (Å²) in [5.74, 6) is 1.51. The molecule has 3 unspecified atom stereocenters. The minimum absolute atomic E-state index is 0.478. The lowest BCUT2D eigenvalue weighted by atomic mass is 9.88. The molecule has 0 amide bonds. The van der Waals surface area contributed by atoms with E-state index < -0.39 is 0 Å². The van der Waals surface area contributed by atoms with Crippen LogP contribution in [0.15, 0.2) is 12.1 Å². The van der Waals surface area contributed by atoms with Crippen LogP contribution < -0.4 is 4.74 Å². The largest absolute Gasteiger partial charge is 0.497 e. The molecular weight excluding hydrogens is 224 g/mol. The van der Waals surface area contributed by atoms with Gasteiger partial charge in [-0.15, -0.1) is 0 Å². The van der Waals surface area contributed by atoms with Crippen molar-refractivity contribution in [3.8, 4) is 5.75 Å². The average molecular weight is 248 g/mol. The molecule has 0 saturated carbocycles. The summed E-state index contributed by atoms with van der Waals surface area (Å²) >= 11 is 0. The Morgan fingerprint density at radius 3 is 2.28 bits per heavy atom. The number of rotatable bonds is 5. The van der Waals surface area contributed by atoms with Crippen LogP contribution >= 0.6 is 0 Å². The van der Waals surface area contributed by atoms with Crippen LogP contribution in [-0.2, 0) is 4.74 Å². The molecule has 0 N–H and O–H groups in total. The maximum Gasteiger partial charge on any atom is 0.119 e. The van der Waals surface area contributed by atoms with E-state index in [2.05, 4.69) is 39.8 Å². The first-order valence-electron chi connectivity index (χ1n) is 6.87. The van der Waals surface area contributed by atoms with E-state index in [-0.39, 0.29) is 0 Å². The Bertz CT molecular complexity index is 402. The summed E-state index contributed by atoms with van der Waals surface area (Å²) in [6, 6.07) is 4.26. The number of methoxy groups -OCH3 is 1. The van der Waals surface area contributed by atoms with Gasteiger partial charge in [-0.05, 0) is 61.4 Å². The average Bonchev–Trinajstić information content (AvgIpc) is 3.06. The molecule has 2 heteroatoms. The maximum atomic E-state index is 5.66. The van der Waals surface area contributed by atoms with E-state index in [1.807, 2.05) is 0 Å². The van der Waals surface area contributed by atoms with Crippen LogP contribution in [0.3, 0.4) is 0 Å². The highest BCUT2D eigenvalue weighted by molar-refractivity contribution is 5.43. The molecule has 3 atom stereocenters. The van der Waals surface area contributed by atoms with E-state index >= 15 is 0 Å². The molecule has 100 valence electrons. The van der Waals surface area contributed by atoms with Crippen molar-refractivity contribution < 1.29 is 9.47 Å². The second kappa shape index (κ2) is 5.31. The normalized spacial score (nSPS) is 23.8. The highest BCUT2D eigenvalue weighted by Crippen LogP contribution is 2.37. The van der Waals surface area contributed by atoms with Gasteiger partial charge in [0.05, 0.1) is 19.3 Å². The van der Waals surface area contributed by atoms with Crippen LogP contribution in [0.4, 0.5) is 0 Å². The van der Waals surface area contributed by atoms with Gasteiger partial charge in [-0.3, -0.25) is 0 Å². The third-order valence-electron chi connectivity index (χ3n) is 3.97. The van der Waals surface area contributed by atoms with Gasteiger partial charge in [0.25, 0.3) is 0 Å². The Hall–Kier alpha value is -1.02. The fourth-order valence-electron chi connectivity index (χ4n) is 3.04. The zero-order chi connectivity index (χ0) is 13.3. The minimum Gasteiger partial charge on any atom is -0.497 e. The van der Waals surface area contributed by atoms with E-state index in [1.165, 1.54) is 16.7 Å². The number of hydrogen-bond acceptors (Lipinski definition) is 2. The number of hydrogen-bond donors (Lipinski definition) is 0.